The molecule has 46 heavy (non-hydrogen) atoms. The molecule has 3 aromatic heterocycles. The lowest BCUT2D eigenvalue weighted by Crippen LogP contribution is -2.00. The topological polar surface area (TPSA) is 65.0 Å². The molecular weight excluding hydrogens is 566 g/mol. The Balaban J connectivity index is 1.17. The van der Waals surface area contributed by atoms with Crippen LogP contribution in [0.2, 0.25) is 0 Å². The predicted molar refractivity (Wildman–Crippen MR) is 186 cm³/mol. The highest BCUT2D eigenvalue weighted by Crippen LogP contribution is 2.40. The van der Waals surface area contributed by atoms with Crippen LogP contribution in [0.4, 0.5) is 0 Å². The van der Waals surface area contributed by atoms with Crippen molar-refractivity contribution < 1.29 is 8.83 Å². The minimum absolute atomic E-state index is 0.600. The van der Waals surface area contributed by atoms with Gasteiger partial charge >= 0.3 is 0 Å². The largest absolute Gasteiger partial charge is 0.460 e. The van der Waals surface area contributed by atoms with Crippen molar-refractivity contribution in [2.45, 2.75) is 12.8 Å². The van der Waals surface area contributed by atoms with Gasteiger partial charge in [-0.15, -0.1) is 0 Å². The first-order valence-corrected chi connectivity index (χ1v) is 15.6. The van der Waals surface area contributed by atoms with Gasteiger partial charge in [0.2, 0.25) is 0 Å². The number of aryl methyl sites for hydroxylation is 1. The zero-order valence-corrected chi connectivity index (χ0v) is 24.7. The first-order valence-electron chi connectivity index (χ1n) is 15.6. The van der Waals surface area contributed by atoms with Crippen LogP contribution in [0.15, 0.2) is 130 Å². The molecule has 5 heteroatoms. The van der Waals surface area contributed by atoms with Crippen LogP contribution in [0.5, 0.6) is 0 Å². The summed E-state index contributed by atoms with van der Waals surface area (Å²) < 4.78 is 12.5. The molecule has 0 fully saturated rings. The van der Waals surface area contributed by atoms with Gasteiger partial charge in [-0.25, -0.2) is 15.0 Å². The molecule has 3 heterocycles. The molecule has 0 atom stereocenters. The summed E-state index contributed by atoms with van der Waals surface area (Å²) in [5.41, 5.74) is 6.56. The maximum Gasteiger partial charge on any atom is 0.164 e. The number of benzene rings is 6. The van der Waals surface area contributed by atoms with Gasteiger partial charge < -0.3 is 8.83 Å². The molecule has 0 saturated heterocycles. The molecule has 0 bridgehead atoms. The van der Waals surface area contributed by atoms with Crippen LogP contribution in [0.25, 0.3) is 94.7 Å². The van der Waals surface area contributed by atoms with Crippen LogP contribution < -0.4 is 0 Å². The van der Waals surface area contributed by atoms with E-state index in [0.717, 1.165) is 68.2 Å². The summed E-state index contributed by atoms with van der Waals surface area (Å²) in [4.78, 5) is 15.0. The molecule has 1 aliphatic rings. The molecule has 0 unspecified atom stereocenters. The van der Waals surface area contributed by atoms with Crippen LogP contribution in [-0.4, -0.2) is 15.0 Å². The Kier molecular flexibility index (Phi) is 5.34. The maximum absolute atomic E-state index is 6.31. The van der Waals surface area contributed by atoms with Crippen molar-refractivity contribution in [1.29, 1.82) is 0 Å². The minimum Gasteiger partial charge on any atom is -0.460 e. The highest BCUT2D eigenvalue weighted by molar-refractivity contribution is 6.22. The molecule has 0 N–H and O–H groups in total. The third-order valence-corrected chi connectivity index (χ3v) is 9.15. The van der Waals surface area contributed by atoms with Gasteiger partial charge in [-0.3, -0.25) is 0 Å². The molecule has 0 spiro atoms. The van der Waals surface area contributed by atoms with E-state index in [1.165, 1.54) is 27.1 Å². The molecule has 0 saturated carbocycles. The fraction of sp³-hybridized carbons (Fsp3) is 0.0488. The van der Waals surface area contributed by atoms with Crippen molar-refractivity contribution in [3.63, 3.8) is 0 Å². The lowest BCUT2D eigenvalue weighted by atomic mass is 9.94. The van der Waals surface area contributed by atoms with Gasteiger partial charge in [0.1, 0.15) is 22.5 Å². The van der Waals surface area contributed by atoms with E-state index in [4.69, 9.17) is 23.8 Å². The van der Waals surface area contributed by atoms with E-state index in [1.807, 2.05) is 54.6 Å². The average molecular weight is 592 g/mol. The predicted octanol–water partition coefficient (Wildman–Crippen LogP) is 10.8. The van der Waals surface area contributed by atoms with E-state index in [9.17, 15) is 0 Å². The van der Waals surface area contributed by atoms with E-state index in [2.05, 4.69) is 72.8 Å². The van der Waals surface area contributed by atoms with Gasteiger partial charge in [-0.1, -0.05) is 97.1 Å². The molecule has 6 aromatic carbocycles. The molecule has 1 aliphatic carbocycles. The Morgan fingerprint density at radius 2 is 1.17 bits per heavy atom. The molecule has 216 valence electrons. The lowest BCUT2D eigenvalue weighted by molar-refractivity contribution is 0.546. The maximum atomic E-state index is 6.31. The van der Waals surface area contributed by atoms with Gasteiger partial charge in [0, 0.05) is 50.2 Å². The summed E-state index contributed by atoms with van der Waals surface area (Å²) in [5.74, 6) is 2.92. The molecule has 10 rings (SSSR count). The summed E-state index contributed by atoms with van der Waals surface area (Å²) in [6, 6.07) is 39.5. The first kappa shape index (κ1) is 25.3. The van der Waals surface area contributed by atoms with Crippen LogP contribution in [0.3, 0.4) is 0 Å². The van der Waals surface area contributed by atoms with Crippen LogP contribution in [0, 0.1) is 0 Å². The van der Waals surface area contributed by atoms with E-state index >= 15 is 0 Å². The second-order valence-corrected chi connectivity index (χ2v) is 11.9. The van der Waals surface area contributed by atoms with Crippen LogP contribution >= 0.6 is 0 Å². The third kappa shape index (κ3) is 3.85. The number of aromatic nitrogens is 3. The van der Waals surface area contributed by atoms with E-state index in [0.29, 0.717) is 17.5 Å². The quantitative estimate of drug-likeness (QED) is 0.191. The SMILES string of the molecule is C1=Cc2c(oc3ccc4ccc5cc(-c6nc(-c7ccccc7)nc(-c7ccc8c(c7)oc7ccccc78)n6)ccc5c4c23)CC1. The van der Waals surface area contributed by atoms with Crippen molar-refractivity contribution in [1.82, 2.24) is 15.0 Å². The van der Waals surface area contributed by atoms with Crippen LogP contribution in [0.1, 0.15) is 17.7 Å². The number of allylic oxidation sites excluding steroid dienone is 1. The monoisotopic (exact) mass is 591 g/mol. The Labute approximate surface area is 263 Å². The number of para-hydroxylation sites is 1. The van der Waals surface area contributed by atoms with E-state index in [-0.39, 0.29) is 0 Å². The zero-order chi connectivity index (χ0) is 30.2. The number of fused-ring (bicyclic) bond motifs is 10. The lowest BCUT2D eigenvalue weighted by Gasteiger charge is -2.11. The smallest absolute Gasteiger partial charge is 0.164 e. The highest BCUT2D eigenvalue weighted by atomic mass is 16.3. The molecule has 0 aliphatic heterocycles. The zero-order valence-electron chi connectivity index (χ0n) is 24.7. The van der Waals surface area contributed by atoms with Gasteiger partial charge in [0.25, 0.3) is 0 Å². The number of nitrogens with zero attached hydrogens (tertiary/aromatic N) is 3. The molecule has 0 amide bonds. The van der Waals surface area contributed by atoms with Crippen molar-refractivity contribution in [3.05, 3.63) is 133 Å². The number of hydrogen-bond acceptors (Lipinski definition) is 5. The average Bonchev–Trinajstić information content (AvgIpc) is 3.69. The van der Waals surface area contributed by atoms with Gasteiger partial charge in [0.15, 0.2) is 17.5 Å². The summed E-state index contributed by atoms with van der Waals surface area (Å²) in [6.07, 6.45) is 6.41. The van der Waals surface area contributed by atoms with E-state index in [1.54, 1.807) is 0 Å². The Bertz CT molecular complexity index is 2700. The summed E-state index contributed by atoms with van der Waals surface area (Å²) >= 11 is 0. The Morgan fingerprint density at radius 1 is 0.478 bits per heavy atom. The second-order valence-electron chi connectivity index (χ2n) is 11.9. The fourth-order valence-electron chi connectivity index (χ4n) is 6.95. The normalized spacial score (nSPS) is 13.0. The summed E-state index contributed by atoms with van der Waals surface area (Å²) in [6.45, 7) is 0. The minimum atomic E-state index is 0.600. The third-order valence-electron chi connectivity index (χ3n) is 9.15. The van der Waals surface area contributed by atoms with Gasteiger partial charge in [0.05, 0.1) is 0 Å². The molecule has 5 nitrogen and oxygen atoms in total. The molecule has 9 aromatic rings. The molecule has 0 radical (unpaired) electrons. The van der Waals surface area contributed by atoms with E-state index < -0.39 is 0 Å². The standard InChI is InChI=1S/C41H25N3O2/c1-2-8-25(9-3-1)39-42-40(44-41(43-39)28-17-20-31-30-10-4-6-12-33(30)46-36(31)23-28)27-16-19-29-26(22-27)15-14-24-18-21-35-38(37(24)29)32-11-5-7-13-34(32)45-35/h1-6,8-12,14-23H,7,13H2. The van der Waals surface area contributed by atoms with Gasteiger partial charge in [-0.05, 0) is 52.9 Å². The van der Waals surface area contributed by atoms with Crippen molar-refractivity contribution >= 4 is 60.5 Å². The Morgan fingerprint density at radius 3 is 2.04 bits per heavy atom. The van der Waals surface area contributed by atoms with Crippen molar-refractivity contribution in [2.24, 2.45) is 0 Å². The second kappa shape index (κ2) is 9.71. The highest BCUT2D eigenvalue weighted by Gasteiger charge is 2.19. The molecular formula is C41H25N3O2. The van der Waals surface area contributed by atoms with Crippen LogP contribution in [-0.2, 0) is 6.42 Å². The van der Waals surface area contributed by atoms with Crippen molar-refractivity contribution in [2.75, 3.05) is 0 Å². The Hall–Kier alpha value is -6.07. The van der Waals surface area contributed by atoms with Gasteiger partial charge in [-0.2, -0.15) is 0 Å². The first-order chi connectivity index (χ1) is 22.8. The number of furan rings is 2. The number of rotatable bonds is 3. The fourth-order valence-corrected chi connectivity index (χ4v) is 6.95. The summed E-state index contributed by atoms with van der Waals surface area (Å²) in [5, 5.41) is 8.09. The van der Waals surface area contributed by atoms with Crippen molar-refractivity contribution in [3.8, 4) is 34.2 Å². The number of hydrogen-bond donors (Lipinski definition) is 0. The summed E-state index contributed by atoms with van der Waals surface area (Å²) in [7, 11) is 0.